The van der Waals surface area contributed by atoms with E-state index in [9.17, 15) is 19.8 Å². The van der Waals surface area contributed by atoms with Crippen LogP contribution in [0.5, 0.6) is 5.75 Å². The Morgan fingerprint density at radius 3 is 2.75 bits per heavy atom. The molecule has 1 saturated carbocycles. The van der Waals surface area contributed by atoms with Crippen LogP contribution in [0.1, 0.15) is 41.7 Å². The third-order valence-electron chi connectivity index (χ3n) is 4.71. The number of phenolic OH excluding ortho intramolecular Hbond substituents is 1. The van der Waals surface area contributed by atoms with Crippen molar-refractivity contribution in [2.75, 3.05) is 5.32 Å². The summed E-state index contributed by atoms with van der Waals surface area (Å²) in [4.78, 5) is 28.7. The number of carbonyl (C=O) groups excluding carboxylic acids is 2. The van der Waals surface area contributed by atoms with E-state index in [-0.39, 0.29) is 29.8 Å². The maximum atomic E-state index is 12.4. The lowest BCUT2D eigenvalue weighted by Crippen LogP contribution is -2.45. The molecule has 0 saturated heterocycles. The number of amides is 2. The van der Waals surface area contributed by atoms with Gasteiger partial charge in [-0.3, -0.25) is 14.6 Å². The van der Waals surface area contributed by atoms with Crippen molar-refractivity contribution in [2.45, 2.75) is 44.2 Å². The number of aliphatic hydroxyl groups is 1. The molecule has 1 aromatic carbocycles. The number of hydrogen-bond acceptors (Lipinski definition) is 5. The first-order valence-electron chi connectivity index (χ1n) is 9.14. The average molecular weight is 404 g/mol. The zero-order valence-corrected chi connectivity index (χ0v) is 15.9. The number of aromatic nitrogens is 1. The van der Waals surface area contributed by atoms with Crippen molar-refractivity contribution in [2.24, 2.45) is 0 Å². The second-order valence-corrected chi connectivity index (χ2v) is 7.30. The van der Waals surface area contributed by atoms with Crippen molar-refractivity contribution in [1.82, 2.24) is 10.3 Å². The van der Waals surface area contributed by atoms with Crippen LogP contribution in [0.25, 0.3) is 0 Å². The van der Waals surface area contributed by atoms with E-state index in [1.165, 1.54) is 30.5 Å². The highest BCUT2D eigenvalue weighted by Crippen LogP contribution is 2.22. The Balaban J connectivity index is 1.63. The maximum Gasteiger partial charge on any atom is 0.270 e. The van der Waals surface area contributed by atoms with E-state index < -0.39 is 12.0 Å². The molecule has 1 aliphatic carbocycles. The molecule has 3 rings (SSSR count). The number of pyridine rings is 1. The first-order chi connectivity index (χ1) is 13.4. The van der Waals surface area contributed by atoms with Crippen LogP contribution in [0.4, 0.5) is 5.69 Å². The molecular weight excluding hydrogens is 382 g/mol. The van der Waals surface area contributed by atoms with Gasteiger partial charge in [0.2, 0.25) is 5.91 Å². The van der Waals surface area contributed by atoms with Crippen molar-refractivity contribution in [1.29, 1.82) is 0 Å². The van der Waals surface area contributed by atoms with Gasteiger partial charge < -0.3 is 20.8 Å². The summed E-state index contributed by atoms with van der Waals surface area (Å²) in [5.74, 6) is -0.771. The quantitative estimate of drug-likeness (QED) is 0.613. The zero-order valence-electron chi connectivity index (χ0n) is 15.2. The summed E-state index contributed by atoms with van der Waals surface area (Å²) in [6.45, 7) is 0. The third-order valence-corrected chi connectivity index (χ3v) is 4.95. The van der Waals surface area contributed by atoms with E-state index in [4.69, 9.17) is 11.6 Å². The number of nitrogens with one attached hydrogen (secondary N) is 2. The van der Waals surface area contributed by atoms with E-state index in [1.807, 2.05) is 0 Å². The second kappa shape index (κ2) is 9.03. The normalized spacial score (nSPS) is 19.1. The van der Waals surface area contributed by atoms with Gasteiger partial charge in [0.05, 0.1) is 18.6 Å². The van der Waals surface area contributed by atoms with Gasteiger partial charge in [0.25, 0.3) is 5.91 Å². The Labute approximate surface area is 167 Å². The third kappa shape index (κ3) is 5.21. The summed E-state index contributed by atoms with van der Waals surface area (Å²) in [5, 5.41) is 25.7. The average Bonchev–Trinajstić information content (AvgIpc) is 2.66. The molecule has 0 radical (unpaired) electrons. The maximum absolute atomic E-state index is 12.4. The fraction of sp³-hybridized carbons (Fsp3) is 0.350. The van der Waals surface area contributed by atoms with Crippen LogP contribution in [0.15, 0.2) is 36.5 Å². The van der Waals surface area contributed by atoms with Crippen LogP contribution in [-0.2, 0) is 11.2 Å². The lowest BCUT2D eigenvalue weighted by Gasteiger charge is -2.28. The van der Waals surface area contributed by atoms with Gasteiger partial charge in [-0.05, 0) is 43.2 Å². The van der Waals surface area contributed by atoms with E-state index in [0.717, 1.165) is 19.3 Å². The van der Waals surface area contributed by atoms with Crippen LogP contribution < -0.4 is 10.6 Å². The first kappa shape index (κ1) is 20.1. The van der Waals surface area contributed by atoms with Crippen LogP contribution in [0, 0.1) is 0 Å². The van der Waals surface area contributed by atoms with E-state index in [0.29, 0.717) is 22.7 Å². The molecule has 2 amide bonds. The highest BCUT2D eigenvalue weighted by atomic mass is 35.5. The molecule has 1 aromatic heterocycles. The highest BCUT2D eigenvalue weighted by Gasteiger charge is 2.25. The fourth-order valence-corrected chi connectivity index (χ4v) is 3.42. The Bertz CT molecular complexity index is 874. The Morgan fingerprint density at radius 2 is 1.96 bits per heavy atom. The summed E-state index contributed by atoms with van der Waals surface area (Å²) < 4.78 is 0. The van der Waals surface area contributed by atoms with Gasteiger partial charge >= 0.3 is 0 Å². The standard InChI is InChI=1S/C20H22ClN3O4/c21-13-5-6-17(25)12(9-13)10-19(27)23-14-7-8-22-16(11-14)20(28)24-15-3-1-2-4-18(15)26/h5-9,11,15,18,25-26H,1-4,10H2,(H,24,28)(H,22,23,27). The van der Waals surface area contributed by atoms with Gasteiger partial charge in [0, 0.05) is 22.5 Å². The van der Waals surface area contributed by atoms with Crippen molar-refractivity contribution < 1.29 is 19.8 Å². The number of hydrogen-bond donors (Lipinski definition) is 4. The molecule has 7 nitrogen and oxygen atoms in total. The number of anilines is 1. The number of carbonyl (C=O) groups is 2. The monoisotopic (exact) mass is 403 g/mol. The number of rotatable bonds is 5. The van der Waals surface area contributed by atoms with Gasteiger partial charge in [0.15, 0.2) is 0 Å². The van der Waals surface area contributed by atoms with Crippen LogP contribution >= 0.6 is 11.6 Å². The smallest absolute Gasteiger partial charge is 0.270 e. The van der Waals surface area contributed by atoms with Crippen LogP contribution in [0.2, 0.25) is 5.02 Å². The van der Waals surface area contributed by atoms with Gasteiger partial charge in [-0.2, -0.15) is 0 Å². The summed E-state index contributed by atoms with van der Waals surface area (Å²) in [7, 11) is 0. The summed E-state index contributed by atoms with van der Waals surface area (Å²) in [6.07, 6.45) is 4.13. The van der Waals surface area contributed by atoms with E-state index in [1.54, 1.807) is 6.07 Å². The van der Waals surface area contributed by atoms with Crippen molar-refractivity contribution >= 4 is 29.1 Å². The zero-order chi connectivity index (χ0) is 20.1. The molecular formula is C20H22ClN3O4. The molecule has 1 aliphatic rings. The van der Waals surface area contributed by atoms with E-state index >= 15 is 0 Å². The molecule has 0 aliphatic heterocycles. The van der Waals surface area contributed by atoms with Crippen LogP contribution in [-0.4, -0.2) is 39.2 Å². The topological polar surface area (TPSA) is 112 Å². The predicted octanol–water partition coefficient (Wildman–Crippen LogP) is 2.66. The minimum atomic E-state index is -0.550. The summed E-state index contributed by atoms with van der Waals surface area (Å²) in [5.41, 5.74) is 0.973. The van der Waals surface area contributed by atoms with Gasteiger partial charge in [0.1, 0.15) is 11.4 Å². The number of halogens is 1. The molecule has 0 spiro atoms. The molecule has 1 heterocycles. The van der Waals surface area contributed by atoms with Gasteiger partial charge in [-0.25, -0.2) is 0 Å². The van der Waals surface area contributed by atoms with Crippen molar-refractivity contribution in [3.05, 3.63) is 52.8 Å². The minimum absolute atomic E-state index is 0.0135. The molecule has 28 heavy (non-hydrogen) atoms. The number of phenols is 1. The molecule has 2 aromatic rings. The first-order valence-corrected chi connectivity index (χ1v) is 9.52. The summed E-state index contributed by atoms with van der Waals surface area (Å²) >= 11 is 5.89. The Hall–Kier alpha value is -2.64. The molecule has 1 fully saturated rings. The van der Waals surface area contributed by atoms with Gasteiger partial charge in [-0.15, -0.1) is 0 Å². The largest absolute Gasteiger partial charge is 0.508 e. The summed E-state index contributed by atoms with van der Waals surface area (Å²) in [6, 6.07) is 7.25. The SMILES string of the molecule is O=C(Cc1cc(Cl)ccc1O)Nc1ccnc(C(=O)NC2CCCCC2O)c1. The number of benzene rings is 1. The minimum Gasteiger partial charge on any atom is -0.508 e. The molecule has 148 valence electrons. The lowest BCUT2D eigenvalue weighted by atomic mass is 9.92. The van der Waals surface area contributed by atoms with Gasteiger partial charge in [-0.1, -0.05) is 24.4 Å². The molecule has 4 N–H and O–H groups in total. The Morgan fingerprint density at radius 1 is 1.18 bits per heavy atom. The number of aromatic hydroxyl groups is 1. The van der Waals surface area contributed by atoms with Crippen LogP contribution in [0.3, 0.4) is 0 Å². The van der Waals surface area contributed by atoms with E-state index in [2.05, 4.69) is 15.6 Å². The predicted molar refractivity (Wildman–Crippen MR) is 105 cm³/mol. The number of nitrogens with zero attached hydrogens (tertiary/aromatic N) is 1. The Kier molecular flexibility index (Phi) is 6.49. The second-order valence-electron chi connectivity index (χ2n) is 6.86. The highest BCUT2D eigenvalue weighted by molar-refractivity contribution is 6.30. The van der Waals surface area contributed by atoms with Crippen molar-refractivity contribution in [3.63, 3.8) is 0 Å². The number of aliphatic hydroxyl groups excluding tert-OH is 1. The fourth-order valence-electron chi connectivity index (χ4n) is 3.23. The molecule has 2 unspecified atom stereocenters. The molecule has 8 heteroatoms. The van der Waals surface area contributed by atoms with Crippen molar-refractivity contribution in [3.8, 4) is 5.75 Å². The lowest BCUT2D eigenvalue weighted by molar-refractivity contribution is -0.115. The molecule has 2 atom stereocenters. The molecule has 0 bridgehead atoms.